The van der Waals surface area contributed by atoms with Crippen molar-refractivity contribution in [3.05, 3.63) is 35.2 Å². The molecule has 1 radical (unpaired) electrons. The van der Waals surface area contributed by atoms with Crippen molar-refractivity contribution >= 4 is 21.4 Å². The summed E-state index contributed by atoms with van der Waals surface area (Å²) in [6, 6.07) is 9.95. The molecular formula is C14H17S. The summed E-state index contributed by atoms with van der Waals surface area (Å²) in [5, 5.41) is 3.42. The van der Waals surface area contributed by atoms with Crippen LogP contribution in [0.15, 0.2) is 23.6 Å². The van der Waals surface area contributed by atoms with Crippen LogP contribution in [0.1, 0.15) is 38.2 Å². The van der Waals surface area contributed by atoms with E-state index in [-0.39, 0.29) is 0 Å². The largest absolute Gasteiger partial charge is 0.143 e. The Morgan fingerprint density at radius 2 is 2.13 bits per heavy atom. The summed E-state index contributed by atoms with van der Waals surface area (Å²) in [6.07, 6.45) is 6.57. The van der Waals surface area contributed by atoms with Gasteiger partial charge in [-0.1, -0.05) is 38.3 Å². The highest BCUT2D eigenvalue weighted by molar-refractivity contribution is 7.17. The number of hydrogen-bond acceptors (Lipinski definition) is 1. The van der Waals surface area contributed by atoms with Gasteiger partial charge in [-0.25, -0.2) is 0 Å². The second kappa shape index (κ2) is 5.32. The molecule has 2 aromatic rings. The van der Waals surface area contributed by atoms with Crippen molar-refractivity contribution in [1.82, 2.24) is 0 Å². The van der Waals surface area contributed by atoms with Crippen LogP contribution < -0.4 is 0 Å². The summed E-state index contributed by atoms with van der Waals surface area (Å²) in [5.74, 6) is 0. The Labute approximate surface area is 95.9 Å². The average molecular weight is 217 g/mol. The molecule has 1 heterocycles. The minimum Gasteiger partial charge on any atom is -0.143 e. The van der Waals surface area contributed by atoms with Gasteiger partial charge in [-0.2, -0.15) is 0 Å². The lowest BCUT2D eigenvalue weighted by Crippen LogP contribution is -1.86. The molecule has 0 aliphatic rings. The highest BCUT2D eigenvalue weighted by atomic mass is 32.1. The van der Waals surface area contributed by atoms with Gasteiger partial charge in [0.25, 0.3) is 0 Å². The number of fused-ring (bicyclic) bond motifs is 1. The van der Waals surface area contributed by atoms with Crippen LogP contribution in [0.5, 0.6) is 0 Å². The van der Waals surface area contributed by atoms with E-state index in [9.17, 15) is 0 Å². The molecule has 1 heteroatoms. The Balaban J connectivity index is 2.04. The van der Waals surface area contributed by atoms with E-state index in [1.165, 1.54) is 47.8 Å². The molecule has 0 saturated heterocycles. The van der Waals surface area contributed by atoms with Crippen LogP contribution in [0.2, 0.25) is 0 Å². The first-order valence-electron chi connectivity index (χ1n) is 5.78. The molecule has 0 amide bonds. The summed E-state index contributed by atoms with van der Waals surface area (Å²) in [7, 11) is 0. The van der Waals surface area contributed by atoms with Gasteiger partial charge >= 0.3 is 0 Å². The third-order valence-electron chi connectivity index (χ3n) is 2.80. The number of rotatable bonds is 5. The topological polar surface area (TPSA) is 0 Å². The van der Waals surface area contributed by atoms with Crippen LogP contribution in [0, 0.1) is 6.07 Å². The second-order valence-electron chi connectivity index (χ2n) is 3.98. The van der Waals surface area contributed by atoms with Gasteiger partial charge in [-0.3, -0.25) is 0 Å². The maximum Gasteiger partial charge on any atom is 0.0351 e. The van der Waals surface area contributed by atoms with E-state index in [1.807, 2.05) is 0 Å². The van der Waals surface area contributed by atoms with E-state index in [1.54, 1.807) is 11.3 Å². The van der Waals surface area contributed by atoms with E-state index in [4.69, 9.17) is 0 Å². The van der Waals surface area contributed by atoms with Crippen LogP contribution in [-0.4, -0.2) is 0 Å². The molecule has 0 nitrogen and oxygen atoms in total. The fourth-order valence-electron chi connectivity index (χ4n) is 1.94. The van der Waals surface area contributed by atoms with Crippen molar-refractivity contribution in [3.63, 3.8) is 0 Å². The maximum atomic E-state index is 3.35. The van der Waals surface area contributed by atoms with Gasteiger partial charge in [0.15, 0.2) is 0 Å². The normalized spacial score (nSPS) is 11.0. The standard InChI is InChI=1S/C14H17S/c1-2-3-4-5-7-12-8-6-9-14-13(12)10-11-15-14/h6,8-9,11H,2-5,7H2,1H3. The molecule has 0 saturated carbocycles. The number of thiophene rings is 1. The van der Waals surface area contributed by atoms with Gasteiger partial charge in [0.1, 0.15) is 0 Å². The molecule has 79 valence electrons. The molecule has 0 aliphatic carbocycles. The Bertz CT molecular complexity index is 414. The Morgan fingerprint density at radius 1 is 1.20 bits per heavy atom. The minimum absolute atomic E-state index is 1.21. The van der Waals surface area contributed by atoms with Gasteiger partial charge in [0.2, 0.25) is 0 Å². The van der Waals surface area contributed by atoms with E-state index in [0.29, 0.717) is 0 Å². The average Bonchev–Trinajstić information content (AvgIpc) is 2.73. The van der Waals surface area contributed by atoms with Crippen molar-refractivity contribution in [2.24, 2.45) is 0 Å². The smallest absolute Gasteiger partial charge is 0.0351 e. The molecular weight excluding hydrogens is 200 g/mol. The van der Waals surface area contributed by atoms with E-state index in [0.717, 1.165) is 0 Å². The summed E-state index contributed by atoms with van der Waals surface area (Å²) in [5.41, 5.74) is 1.48. The molecule has 1 aromatic heterocycles. The summed E-state index contributed by atoms with van der Waals surface area (Å²) in [4.78, 5) is 0. The molecule has 0 fully saturated rings. The zero-order chi connectivity index (χ0) is 10.5. The summed E-state index contributed by atoms with van der Waals surface area (Å²) >= 11 is 1.79. The van der Waals surface area contributed by atoms with Crippen LogP contribution in [0.25, 0.3) is 10.1 Å². The number of unbranched alkanes of at least 4 members (excludes halogenated alkanes) is 3. The number of benzene rings is 1. The molecule has 0 atom stereocenters. The summed E-state index contributed by atoms with van der Waals surface area (Å²) < 4.78 is 1.38. The van der Waals surface area contributed by atoms with Gasteiger partial charge in [0, 0.05) is 16.2 Å². The van der Waals surface area contributed by atoms with Crippen LogP contribution in [0.3, 0.4) is 0 Å². The lowest BCUT2D eigenvalue weighted by molar-refractivity contribution is 0.668. The van der Waals surface area contributed by atoms with Crippen LogP contribution in [0.4, 0.5) is 0 Å². The molecule has 0 aliphatic heterocycles. The van der Waals surface area contributed by atoms with Gasteiger partial charge in [-0.15, -0.1) is 11.3 Å². The van der Waals surface area contributed by atoms with Gasteiger partial charge in [0.05, 0.1) is 0 Å². The van der Waals surface area contributed by atoms with Crippen molar-refractivity contribution in [3.8, 4) is 0 Å². The third kappa shape index (κ3) is 2.60. The van der Waals surface area contributed by atoms with Crippen molar-refractivity contribution < 1.29 is 0 Å². The number of hydrogen-bond donors (Lipinski definition) is 0. The first kappa shape index (κ1) is 10.7. The molecule has 0 bridgehead atoms. The lowest BCUT2D eigenvalue weighted by Gasteiger charge is -2.02. The zero-order valence-electron chi connectivity index (χ0n) is 9.25. The summed E-state index contributed by atoms with van der Waals surface area (Å²) in [6.45, 7) is 2.26. The quantitative estimate of drug-likeness (QED) is 0.630. The fourth-order valence-corrected chi connectivity index (χ4v) is 2.71. The van der Waals surface area contributed by atoms with Crippen molar-refractivity contribution in [1.29, 1.82) is 0 Å². The minimum atomic E-state index is 1.21. The van der Waals surface area contributed by atoms with Gasteiger partial charge in [-0.05, 0) is 29.9 Å². The zero-order valence-corrected chi connectivity index (χ0v) is 10.1. The first-order valence-corrected chi connectivity index (χ1v) is 6.66. The first-order chi connectivity index (χ1) is 7.42. The molecule has 0 N–H and O–H groups in total. The van der Waals surface area contributed by atoms with Crippen LogP contribution in [-0.2, 0) is 6.42 Å². The monoisotopic (exact) mass is 217 g/mol. The molecule has 2 rings (SSSR count). The maximum absolute atomic E-state index is 3.35. The molecule has 15 heavy (non-hydrogen) atoms. The fraction of sp³-hybridized carbons (Fsp3) is 0.429. The molecule has 1 aromatic carbocycles. The Morgan fingerprint density at radius 3 is 3.00 bits per heavy atom. The molecule has 0 unspecified atom stereocenters. The number of aryl methyl sites for hydroxylation is 1. The van der Waals surface area contributed by atoms with E-state index < -0.39 is 0 Å². The Hall–Kier alpha value is -0.820. The highest BCUT2D eigenvalue weighted by Crippen LogP contribution is 2.24. The van der Waals surface area contributed by atoms with Gasteiger partial charge < -0.3 is 0 Å². The SMILES string of the molecule is CCCCCCc1cccc2sc[c]c12. The third-order valence-corrected chi connectivity index (χ3v) is 3.63. The van der Waals surface area contributed by atoms with E-state index >= 15 is 0 Å². The van der Waals surface area contributed by atoms with Crippen molar-refractivity contribution in [2.45, 2.75) is 39.0 Å². The van der Waals surface area contributed by atoms with Crippen molar-refractivity contribution in [2.75, 3.05) is 0 Å². The predicted octanol–water partition coefficient (Wildman–Crippen LogP) is 4.82. The second-order valence-corrected chi connectivity index (χ2v) is 4.89. The predicted molar refractivity (Wildman–Crippen MR) is 68.5 cm³/mol. The molecule has 0 spiro atoms. The van der Waals surface area contributed by atoms with E-state index in [2.05, 4.69) is 36.6 Å². The van der Waals surface area contributed by atoms with Crippen LogP contribution >= 0.6 is 11.3 Å². The Kier molecular flexibility index (Phi) is 3.79. The lowest BCUT2D eigenvalue weighted by atomic mass is 10.0. The highest BCUT2D eigenvalue weighted by Gasteiger charge is 2.01.